The van der Waals surface area contributed by atoms with Crippen LogP contribution in [0.25, 0.3) is 0 Å². The largest absolute Gasteiger partial charge is 0.381 e. The van der Waals surface area contributed by atoms with Crippen LogP contribution >= 0.6 is 10.7 Å². The van der Waals surface area contributed by atoms with Crippen molar-refractivity contribution in [3.05, 3.63) is 0 Å². The molecule has 102 valence electrons. The first-order valence-corrected chi connectivity index (χ1v) is 8.95. The highest BCUT2D eigenvalue weighted by Gasteiger charge is 2.15. The minimum atomic E-state index is -3.33. The number of ether oxygens (including phenoxy) is 1. The lowest BCUT2D eigenvalue weighted by molar-refractivity contribution is 0.0913. The van der Waals surface area contributed by atoms with Crippen LogP contribution in [-0.4, -0.2) is 27.4 Å². The van der Waals surface area contributed by atoms with Crippen LogP contribution < -0.4 is 0 Å². The molecule has 0 spiro atoms. The minimum Gasteiger partial charge on any atom is -0.381 e. The van der Waals surface area contributed by atoms with Gasteiger partial charge < -0.3 is 4.74 Å². The van der Waals surface area contributed by atoms with Gasteiger partial charge in [-0.15, -0.1) is 0 Å². The van der Waals surface area contributed by atoms with E-state index < -0.39 is 9.05 Å². The Morgan fingerprint density at radius 3 is 2.53 bits per heavy atom. The van der Waals surface area contributed by atoms with Gasteiger partial charge in [-0.1, -0.05) is 19.8 Å². The van der Waals surface area contributed by atoms with E-state index >= 15 is 0 Å². The lowest BCUT2D eigenvalue weighted by atomic mass is 10.1. The molecule has 3 nitrogen and oxygen atoms in total. The van der Waals surface area contributed by atoms with Crippen LogP contribution in [0.1, 0.15) is 45.4 Å². The van der Waals surface area contributed by atoms with E-state index in [1.54, 1.807) is 0 Å². The Bertz CT molecular complexity index is 297. The molecule has 1 saturated carbocycles. The second kappa shape index (κ2) is 7.59. The van der Waals surface area contributed by atoms with E-state index in [9.17, 15) is 8.42 Å². The maximum atomic E-state index is 10.8. The summed E-state index contributed by atoms with van der Waals surface area (Å²) in [6, 6.07) is 0. The maximum Gasteiger partial charge on any atom is 0.232 e. The highest BCUT2D eigenvalue weighted by molar-refractivity contribution is 8.13. The summed E-state index contributed by atoms with van der Waals surface area (Å²) in [6.45, 7) is 3.65. The van der Waals surface area contributed by atoms with E-state index in [1.807, 2.05) is 6.92 Å². The van der Waals surface area contributed by atoms with Crippen molar-refractivity contribution in [2.75, 3.05) is 19.0 Å². The van der Waals surface area contributed by atoms with Gasteiger partial charge in [0.15, 0.2) is 0 Å². The third kappa shape index (κ3) is 8.01. The molecule has 1 aliphatic carbocycles. The van der Waals surface area contributed by atoms with Gasteiger partial charge in [0, 0.05) is 23.9 Å². The first-order valence-electron chi connectivity index (χ1n) is 6.47. The van der Waals surface area contributed by atoms with Crippen LogP contribution in [0.3, 0.4) is 0 Å². The molecule has 0 radical (unpaired) electrons. The summed E-state index contributed by atoms with van der Waals surface area (Å²) in [7, 11) is 1.83. The van der Waals surface area contributed by atoms with Crippen molar-refractivity contribution >= 4 is 19.7 Å². The molecular formula is C12H23ClO3S. The van der Waals surface area contributed by atoms with Crippen molar-refractivity contribution in [1.82, 2.24) is 0 Å². The monoisotopic (exact) mass is 282 g/mol. The van der Waals surface area contributed by atoms with Gasteiger partial charge in [-0.05, 0) is 37.5 Å². The molecule has 0 saturated heterocycles. The smallest absolute Gasteiger partial charge is 0.232 e. The Labute approximate surface area is 109 Å². The second-order valence-electron chi connectivity index (χ2n) is 5.15. The average Bonchev–Trinajstić information content (AvgIpc) is 2.73. The topological polar surface area (TPSA) is 43.4 Å². The number of hydrogen-bond acceptors (Lipinski definition) is 3. The molecule has 0 aromatic rings. The van der Waals surface area contributed by atoms with Gasteiger partial charge in [0.1, 0.15) is 0 Å². The molecule has 0 N–H and O–H groups in total. The van der Waals surface area contributed by atoms with Gasteiger partial charge in [-0.3, -0.25) is 0 Å². The van der Waals surface area contributed by atoms with Gasteiger partial charge in [-0.2, -0.15) is 0 Å². The van der Waals surface area contributed by atoms with Gasteiger partial charge in [0.25, 0.3) is 0 Å². The Morgan fingerprint density at radius 2 is 1.94 bits per heavy atom. The number of halogens is 1. The van der Waals surface area contributed by atoms with E-state index in [1.165, 1.54) is 25.7 Å². The molecule has 17 heavy (non-hydrogen) atoms. The highest BCUT2D eigenvalue weighted by atomic mass is 35.7. The van der Waals surface area contributed by atoms with E-state index in [4.69, 9.17) is 15.4 Å². The van der Waals surface area contributed by atoms with Crippen molar-refractivity contribution in [1.29, 1.82) is 0 Å². The Morgan fingerprint density at radius 1 is 1.29 bits per heavy atom. The summed E-state index contributed by atoms with van der Waals surface area (Å²) in [4.78, 5) is 0. The molecular weight excluding hydrogens is 260 g/mol. The molecule has 0 heterocycles. The minimum absolute atomic E-state index is 0.0678. The normalized spacial score (nSPS) is 19.6. The summed E-state index contributed by atoms with van der Waals surface area (Å²) in [6.07, 6.45) is 6.84. The van der Waals surface area contributed by atoms with E-state index in [0.717, 1.165) is 25.6 Å². The molecule has 0 bridgehead atoms. The highest BCUT2D eigenvalue weighted by Crippen LogP contribution is 2.24. The van der Waals surface area contributed by atoms with Crippen LogP contribution in [0, 0.1) is 11.8 Å². The van der Waals surface area contributed by atoms with E-state index in [2.05, 4.69) is 0 Å². The maximum absolute atomic E-state index is 10.8. The average molecular weight is 283 g/mol. The predicted molar refractivity (Wildman–Crippen MR) is 70.8 cm³/mol. The van der Waals surface area contributed by atoms with E-state index in [-0.39, 0.29) is 5.75 Å². The molecule has 0 aromatic carbocycles. The number of hydrogen-bond donors (Lipinski definition) is 0. The third-order valence-electron chi connectivity index (χ3n) is 3.44. The molecule has 1 aliphatic rings. The Balaban J connectivity index is 1.98. The van der Waals surface area contributed by atoms with E-state index in [0.29, 0.717) is 12.3 Å². The Kier molecular flexibility index (Phi) is 6.82. The zero-order valence-corrected chi connectivity index (χ0v) is 12.1. The molecule has 1 fully saturated rings. The zero-order chi connectivity index (χ0) is 12.7. The summed E-state index contributed by atoms with van der Waals surface area (Å²) in [5.74, 6) is 1.18. The summed E-state index contributed by atoms with van der Waals surface area (Å²) in [5.41, 5.74) is 0. The van der Waals surface area contributed by atoms with Crippen molar-refractivity contribution < 1.29 is 13.2 Å². The van der Waals surface area contributed by atoms with Crippen LogP contribution in [0.2, 0.25) is 0 Å². The molecule has 0 aromatic heterocycles. The molecule has 0 aliphatic heterocycles. The third-order valence-corrected chi connectivity index (χ3v) is 4.62. The lowest BCUT2D eigenvalue weighted by Gasteiger charge is -2.13. The fourth-order valence-electron chi connectivity index (χ4n) is 2.20. The second-order valence-corrected chi connectivity index (χ2v) is 8.05. The number of rotatable bonds is 8. The predicted octanol–water partition coefficient (Wildman–Crippen LogP) is 3.18. The van der Waals surface area contributed by atoms with Crippen molar-refractivity contribution in [3.8, 4) is 0 Å². The lowest BCUT2D eigenvalue weighted by Crippen LogP contribution is -2.10. The zero-order valence-electron chi connectivity index (χ0n) is 10.5. The fraction of sp³-hybridized carbons (Fsp3) is 1.00. The van der Waals surface area contributed by atoms with Crippen molar-refractivity contribution in [2.45, 2.75) is 45.4 Å². The van der Waals surface area contributed by atoms with Crippen LogP contribution in [0.5, 0.6) is 0 Å². The Hall–Kier alpha value is 0.200. The fourth-order valence-corrected chi connectivity index (χ4v) is 3.15. The van der Waals surface area contributed by atoms with Crippen molar-refractivity contribution in [3.63, 3.8) is 0 Å². The van der Waals surface area contributed by atoms with Crippen LogP contribution in [-0.2, 0) is 13.8 Å². The molecule has 1 unspecified atom stereocenters. The first kappa shape index (κ1) is 15.3. The SMILES string of the molecule is CC(CCOCC1CCCC1)CCS(=O)(=O)Cl. The molecule has 5 heteroatoms. The summed E-state index contributed by atoms with van der Waals surface area (Å²) in [5, 5.41) is 0. The van der Waals surface area contributed by atoms with Crippen molar-refractivity contribution in [2.24, 2.45) is 11.8 Å². The van der Waals surface area contributed by atoms with Crippen LogP contribution in [0.4, 0.5) is 0 Å². The van der Waals surface area contributed by atoms with Gasteiger partial charge in [0.05, 0.1) is 5.75 Å². The molecule has 0 amide bonds. The summed E-state index contributed by atoms with van der Waals surface area (Å²) < 4.78 is 27.2. The van der Waals surface area contributed by atoms with Gasteiger partial charge in [-0.25, -0.2) is 8.42 Å². The van der Waals surface area contributed by atoms with Crippen LogP contribution in [0.15, 0.2) is 0 Å². The quantitative estimate of drug-likeness (QED) is 0.507. The first-order chi connectivity index (χ1) is 7.97. The molecule has 1 rings (SSSR count). The molecule has 1 atom stereocenters. The standard InChI is InChI=1S/C12H23ClO3S/c1-11(7-9-17(13,14)15)6-8-16-10-12-4-2-3-5-12/h11-12H,2-10H2,1H3. The van der Waals surface area contributed by atoms with Gasteiger partial charge >= 0.3 is 0 Å². The summed E-state index contributed by atoms with van der Waals surface area (Å²) >= 11 is 0. The van der Waals surface area contributed by atoms with Gasteiger partial charge in [0.2, 0.25) is 9.05 Å².